The molecular formula is C8H14BrNO2. The molecule has 3 nitrogen and oxygen atoms in total. The first-order valence-corrected chi connectivity index (χ1v) is 5.40. The summed E-state index contributed by atoms with van der Waals surface area (Å²) in [6, 6.07) is 0. The molecule has 70 valence electrons. The molecule has 0 bridgehead atoms. The van der Waals surface area contributed by atoms with E-state index in [-0.39, 0.29) is 0 Å². The van der Waals surface area contributed by atoms with Crippen LogP contribution in [-0.2, 0) is 0 Å². The van der Waals surface area contributed by atoms with Crippen LogP contribution in [0.4, 0.5) is 4.79 Å². The molecule has 1 heterocycles. The first kappa shape index (κ1) is 9.84. The highest BCUT2D eigenvalue weighted by atomic mass is 79.9. The Morgan fingerprint density at radius 1 is 1.50 bits per heavy atom. The van der Waals surface area contributed by atoms with Crippen LogP contribution >= 0.6 is 15.9 Å². The van der Waals surface area contributed by atoms with Crippen molar-refractivity contribution in [3.63, 3.8) is 0 Å². The topological polar surface area (TPSA) is 40.5 Å². The Kier molecular flexibility index (Phi) is 3.85. The lowest BCUT2D eigenvalue weighted by atomic mass is 9.95. The Hall–Kier alpha value is -0.250. The van der Waals surface area contributed by atoms with Crippen molar-refractivity contribution in [1.82, 2.24) is 4.90 Å². The van der Waals surface area contributed by atoms with Gasteiger partial charge in [0.15, 0.2) is 0 Å². The molecule has 0 aliphatic carbocycles. The number of halogens is 1. The third-order valence-corrected chi connectivity index (χ3v) is 2.86. The minimum absolute atomic E-state index is 0.715. The van der Waals surface area contributed by atoms with Gasteiger partial charge in [-0.1, -0.05) is 15.9 Å². The van der Waals surface area contributed by atoms with Crippen molar-refractivity contribution in [3.8, 4) is 0 Å². The smallest absolute Gasteiger partial charge is 0.407 e. The first-order valence-electron chi connectivity index (χ1n) is 4.28. The molecule has 0 saturated carbocycles. The number of hydrogen-bond acceptors (Lipinski definition) is 1. The van der Waals surface area contributed by atoms with E-state index in [1.54, 1.807) is 0 Å². The molecular weight excluding hydrogens is 222 g/mol. The zero-order valence-electron chi connectivity index (χ0n) is 7.00. The fourth-order valence-electron chi connectivity index (χ4n) is 1.57. The van der Waals surface area contributed by atoms with Crippen LogP contribution in [0.5, 0.6) is 0 Å². The SMILES string of the molecule is O=C(O)N1CCC(CCBr)CC1. The normalized spacial score (nSPS) is 19.6. The third-order valence-electron chi connectivity index (χ3n) is 2.40. The Morgan fingerprint density at radius 2 is 2.08 bits per heavy atom. The first-order chi connectivity index (χ1) is 5.74. The summed E-state index contributed by atoms with van der Waals surface area (Å²) in [6.07, 6.45) is 2.45. The van der Waals surface area contributed by atoms with Crippen LogP contribution in [0.25, 0.3) is 0 Å². The predicted octanol–water partition coefficient (Wildman–Crippen LogP) is 2.16. The van der Waals surface area contributed by atoms with Crippen molar-refractivity contribution in [3.05, 3.63) is 0 Å². The van der Waals surface area contributed by atoms with Gasteiger partial charge >= 0.3 is 6.09 Å². The molecule has 0 radical (unpaired) electrons. The van der Waals surface area contributed by atoms with Gasteiger partial charge in [-0.15, -0.1) is 0 Å². The Morgan fingerprint density at radius 3 is 2.50 bits per heavy atom. The maximum atomic E-state index is 10.5. The van der Waals surface area contributed by atoms with Crippen LogP contribution < -0.4 is 0 Å². The molecule has 1 N–H and O–H groups in total. The molecule has 0 aromatic rings. The van der Waals surface area contributed by atoms with Gasteiger partial charge in [-0.25, -0.2) is 4.79 Å². The van der Waals surface area contributed by atoms with Gasteiger partial charge in [-0.2, -0.15) is 0 Å². The second-order valence-corrected chi connectivity index (χ2v) is 3.98. The van der Waals surface area contributed by atoms with Gasteiger partial charge in [0.05, 0.1) is 0 Å². The van der Waals surface area contributed by atoms with Gasteiger partial charge in [0.1, 0.15) is 0 Å². The number of carboxylic acid groups (broad SMARTS) is 1. The summed E-state index contributed by atoms with van der Waals surface area (Å²) in [6.45, 7) is 1.43. The van der Waals surface area contributed by atoms with Gasteiger partial charge in [-0.05, 0) is 25.2 Å². The summed E-state index contributed by atoms with van der Waals surface area (Å²) in [7, 11) is 0. The molecule has 1 rings (SSSR count). The molecule has 1 aliphatic heterocycles. The van der Waals surface area contributed by atoms with E-state index in [4.69, 9.17) is 5.11 Å². The fraction of sp³-hybridized carbons (Fsp3) is 0.875. The van der Waals surface area contributed by atoms with Crippen LogP contribution in [0.1, 0.15) is 19.3 Å². The molecule has 4 heteroatoms. The highest BCUT2D eigenvalue weighted by Gasteiger charge is 2.21. The Bertz CT molecular complexity index is 155. The number of piperidine rings is 1. The van der Waals surface area contributed by atoms with E-state index in [0.29, 0.717) is 13.1 Å². The molecule has 0 aromatic carbocycles. The van der Waals surface area contributed by atoms with E-state index in [0.717, 1.165) is 24.1 Å². The molecule has 1 amide bonds. The van der Waals surface area contributed by atoms with E-state index < -0.39 is 6.09 Å². The number of likely N-dealkylation sites (tertiary alicyclic amines) is 1. The Balaban J connectivity index is 2.25. The lowest BCUT2D eigenvalue weighted by molar-refractivity contribution is 0.124. The quantitative estimate of drug-likeness (QED) is 0.746. The average Bonchev–Trinajstić information content (AvgIpc) is 2.06. The Labute approximate surface area is 80.9 Å². The minimum Gasteiger partial charge on any atom is -0.465 e. The molecule has 0 atom stereocenters. The zero-order valence-corrected chi connectivity index (χ0v) is 8.59. The summed E-state index contributed by atoms with van der Waals surface area (Å²) in [4.78, 5) is 12.0. The second kappa shape index (κ2) is 4.70. The van der Waals surface area contributed by atoms with E-state index in [9.17, 15) is 4.79 Å². The highest BCUT2D eigenvalue weighted by Crippen LogP contribution is 2.20. The summed E-state index contributed by atoms with van der Waals surface area (Å²) < 4.78 is 0. The highest BCUT2D eigenvalue weighted by molar-refractivity contribution is 9.09. The molecule has 0 spiro atoms. The van der Waals surface area contributed by atoms with Crippen molar-refractivity contribution in [2.45, 2.75) is 19.3 Å². The van der Waals surface area contributed by atoms with Gasteiger partial charge in [0.2, 0.25) is 0 Å². The number of amides is 1. The van der Waals surface area contributed by atoms with Gasteiger partial charge < -0.3 is 10.0 Å². The maximum Gasteiger partial charge on any atom is 0.407 e. The number of alkyl halides is 1. The average molecular weight is 236 g/mol. The molecule has 0 aromatic heterocycles. The monoisotopic (exact) mass is 235 g/mol. The zero-order chi connectivity index (χ0) is 8.97. The van der Waals surface area contributed by atoms with Crippen molar-refractivity contribution >= 4 is 22.0 Å². The third kappa shape index (κ3) is 2.66. The summed E-state index contributed by atoms with van der Waals surface area (Å²) in [5, 5.41) is 9.70. The van der Waals surface area contributed by atoms with Crippen LogP contribution in [0.15, 0.2) is 0 Å². The van der Waals surface area contributed by atoms with Gasteiger partial charge in [-0.3, -0.25) is 0 Å². The summed E-state index contributed by atoms with van der Waals surface area (Å²) in [5.74, 6) is 0.722. The lowest BCUT2D eigenvalue weighted by Gasteiger charge is -2.29. The molecule has 1 aliphatic rings. The molecule has 1 fully saturated rings. The summed E-state index contributed by atoms with van der Waals surface area (Å²) in [5.41, 5.74) is 0. The number of carbonyl (C=O) groups is 1. The maximum absolute atomic E-state index is 10.5. The van der Waals surface area contributed by atoms with Gasteiger partial charge in [0.25, 0.3) is 0 Å². The standard InChI is InChI=1S/C8H14BrNO2/c9-4-1-7-2-5-10(6-3-7)8(11)12/h7H,1-6H2,(H,11,12). The number of rotatable bonds is 2. The number of nitrogens with zero attached hydrogens (tertiary/aromatic N) is 1. The van der Waals surface area contributed by atoms with E-state index in [2.05, 4.69) is 15.9 Å². The van der Waals surface area contributed by atoms with Crippen LogP contribution in [0, 0.1) is 5.92 Å². The fourth-order valence-corrected chi connectivity index (χ4v) is 2.21. The van der Waals surface area contributed by atoms with Gasteiger partial charge in [0, 0.05) is 18.4 Å². The molecule has 12 heavy (non-hydrogen) atoms. The number of hydrogen-bond donors (Lipinski definition) is 1. The molecule has 1 saturated heterocycles. The largest absolute Gasteiger partial charge is 0.465 e. The van der Waals surface area contributed by atoms with Crippen LogP contribution in [-0.4, -0.2) is 34.5 Å². The molecule has 0 unspecified atom stereocenters. The van der Waals surface area contributed by atoms with E-state index >= 15 is 0 Å². The van der Waals surface area contributed by atoms with E-state index in [1.165, 1.54) is 11.3 Å². The lowest BCUT2D eigenvalue weighted by Crippen LogP contribution is -2.37. The van der Waals surface area contributed by atoms with Crippen molar-refractivity contribution in [2.24, 2.45) is 5.92 Å². The second-order valence-electron chi connectivity index (χ2n) is 3.19. The van der Waals surface area contributed by atoms with Crippen molar-refractivity contribution in [2.75, 3.05) is 18.4 Å². The van der Waals surface area contributed by atoms with Crippen molar-refractivity contribution < 1.29 is 9.90 Å². The van der Waals surface area contributed by atoms with Crippen LogP contribution in [0.2, 0.25) is 0 Å². The van der Waals surface area contributed by atoms with Crippen molar-refractivity contribution in [1.29, 1.82) is 0 Å². The predicted molar refractivity (Wildman–Crippen MR) is 50.7 cm³/mol. The summed E-state index contributed by atoms with van der Waals surface area (Å²) >= 11 is 3.40. The minimum atomic E-state index is -0.771. The van der Waals surface area contributed by atoms with E-state index in [1.807, 2.05) is 0 Å². The van der Waals surface area contributed by atoms with Crippen LogP contribution in [0.3, 0.4) is 0 Å².